The van der Waals surface area contributed by atoms with Crippen LogP contribution in [0.4, 0.5) is 15.8 Å². The zero-order valence-corrected chi connectivity index (χ0v) is 9.97. The third-order valence-corrected chi connectivity index (χ3v) is 3.17. The van der Waals surface area contributed by atoms with E-state index < -0.39 is 5.82 Å². The molecule has 0 saturated carbocycles. The minimum absolute atomic E-state index is 0.125. The van der Waals surface area contributed by atoms with Gasteiger partial charge in [0, 0.05) is 5.56 Å². The second-order valence-electron chi connectivity index (χ2n) is 4.36. The molecule has 0 spiro atoms. The highest BCUT2D eigenvalue weighted by Gasteiger charge is 2.29. The van der Waals surface area contributed by atoms with Gasteiger partial charge in [0.15, 0.2) is 0 Å². The summed E-state index contributed by atoms with van der Waals surface area (Å²) in [5.74, 6) is -0.709. The normalized spacial score (nSPS) is 13.5. The Morgan fingerprint density at radius 3 is 2.68 bits per heavy atom. The minimum Gasteiger partial charge on any atom is -0.298 e. The van der Waals surface area contributed by atoms with E-state index in [0.29, 0.717) is 17.5 Å². The second kappa shape index (κ2) is 4.31. The number of fused-ring (bicyclic) bond motifs is 1. The highest BCUT2D eigenvalue weighted by atomic mass is 19.1. The maximum absolute atomic E-state index is 13.9. The first-order chi connectivity index (χ1) is 9.20. The number of aldehydes is 1. The standard InChI is InChI=1S/C15H10FNO2/c16-12-6-5-10(9-18)7-14(12)17-13-4-2-1-3-11(13)8-15(17)19/h1-7,9H,8H2. The number of hydrogen-bond donors (Lipinski definition) is 0. The fourth-order valence-corrected chi connectivity index (χ4v) is 2.29. The van der Waals surface area contributed by atoms with Crippen molar-refractivity contribution in [3.05, 3.63) is 59.4 Å². The van der Waals surface area contributed by atoms with Crippen molar-refractivity contribution in [2.75, 3.05) is 4.90 Å². The van der Waals surface area contributed by atoms with Gasteiger partial charge in [-0.05, 0) is 29.8 Å². The molecule has 3 rings (SSSR count). The number of benzene rings is 2. The largest absolute Gasteiger partial charge is 0.298 e. The summed E-state index contributed by atoms with van der Waals surface area (Å²) in [7, 11) is 0. The lowest BCUT2D eigenvalue weighted by molar-refractivity contribution is -0.116. The first kappa shape index (κ1) is 11.6. The zero-order chi connectivity index (χ0) is 13.4. The molecule has 0 aromatic heterocycles. The van der Waals surface area contributed by atoms with Gasteiger partial charge in [-0.25, -0.2) is 4.39 Å². The highest BCUT2D eigenvalue weighted by molar-refractivity contribution is 6.07. The Morgan fingerprint density at radius 2 is 1.89 bits per heavy atom. The molecule has 0 unspecified atom stereocenters. The van der Waals surface area contributed by atoms with Crippen molar-refractivity contribution < 1.29 is 14.0 Å². The van der Waals surface area contributed by atoms with Gasteiger partial charge in [-0.3, -0.25) is 14.5 Å². The van der Waals surface area contributed by atoms with Gasteiger partial charge in [0.05, 0.1) is 17.8 Å². The summed E-state index contributed by atoms with van der Waals surface area (Å²) < 4.78 is 13.9. The van der Waals surface area contributed by atoms with Gasteiger partial charge in [-0.1, -0.05) is 18.2 Å². The topological polar surface area (TPSA) is 37.4 Å². The first-order valence-corrected chi connectivity index (χ1v) is 5.86. The van der Waals surface area contributed by atoms with Gasteiger partial charge >= 0.3 is 0 Å². The van der Waals surface area contributed by atoms with Crippen molar-refractivity contribution in [3.63, 3.8) is 0 Å². The number of para-hydroxylation sites is 1. The second-order valence-corrected chi connectivity index (χ2v) is 4.36. The van der Waals surface area contributed by atoms with E-state index >= 15 is 0 Å². The number of rotatable bonds is 2. The van der Waals surface area contributed by atoms with E-state index in [9.17, 15) is 14.0 Å². The molecule has 0 N–H and O–H groups in total. The van der Waals surface area contributed by atoms with Crippen molar-refractivity contribution >= 4 is 23.6 Å². The highest BCUT2D eigenvalue weighted by Crippen LogP contribution is 2.36. The molecule has 0 radical (unpaired) electrons. The molecule has 0 fully saturated rings. The lowest BCUT2D eigenvalue weighted by Crippen LogP contribution is -2.22. The molecule has 1 heterocycles. The van der Waals surface area contributed by atoms with Gasteiger partial charge in [0.1, 0.15) is 12.1 Å². The van der Waals surface area contributed by atoms with Crippen LogP contribution in [0.1, 0.15) is 15.9 Å². The zero-order valence-electron chi connectivity index (χ0n) is 9.97. The molecule has 1 amide bonds. The third kappa shape index (κ3) is 1.81. The lowest BCUT2D eigenvalue weighted by Gasteiger charge is -2.18. The third-order valence-electron chi connectivity index (χ3n) is 3.17. The fourth-order valence-electron chi connectivity index (χ4n) is 2.29. The SMILES string of the molecule is O=Cc1ccc(F)c(N2C(=O)Cc3ccccc32)c1. The first-order valence-electron chi connectivity index (χ1n) is 5.86. The summed E-state index contributed by atoms with van der Waals surface area (Å²) >= 11 is 0. The van der Waals surface area contributed by atoms with Crippen molar-refractivity contribution in [2.45, 2.75) is 6.42 Å². The molecule has 19 heavy (non-hydrogen) atoms. The Bertz CT molecular complexity index is 682. The van der Waals surface area contributed by atoms with E-state index in [1.54, 1.807) is 12.1 Å². The molecule has 4 heteroatoms. The summed E-state index contributed by atoms with van der Waals surface area (Å²) in [6, 6.07) is 11.2. The Labute approximate surface area is 109 Å². The van der Waals surface area contributed by atoms with Gasteiger partial charge in [-0.15, -0.1) is 0 Å². The van der Waals surface area contributed by atoms with Crippen LogP contribution in [0.5, 0.6) is 0 Å². The smallest absolute Gasteiger partial charge is 0.236 e. The van der Waals surface area contributed by atoms with Gasteiger partial charge < -0.3 is 0 Å². The van der Waals surface area contributed by atoms with Crippen LogP contribution in [0.25, 0.3) is 0 Å². The average Bonchev–Trinajstić information content (AvgIpc) is 2.75. The average molecular weight is 255 g/mol. The van der Waals surface area contributed by atoms with Gasteiger partial charge in [-0.2, -0.15) is 0 Å². The van der Waals surface area contributed by atoms with Crippen LogP contribution in [0, 0.1) is 5.82 Å². The maximum atomic E-state index is 13.9. The van der Waals surface area contributed by atoms with Crippen LogP contribution in [-0.4, -0.2) is 12.2 Å². The predicted molar refractivity (Wildman–Crippen MR) is 69.1 cm³/mol. The monoisotopic (exact) mass is 255 g/mol. The van der Waals surface area contributed by atoms with E-state index in [4.69, 9.17) is 0 Å². The molecule has 2 aromatic carbocycles. The molecule has 2 aromatic rings. The van der Waals surface area contributed by atoms with E-state index in [1.807, 2.05) is 12.1 Å². The Balaban J connectivity index is 2.17. The Kier molecular flexibility index (Phi) is 2.63. The van der Waals surface area contributed by atoms with Crippen LogP contribution in [0.3, 0.4) is 0 Å². The summed E-state index contributed by atoms with van der Waals surface area (Å²) in [5.41, 5.74) is 2.01. The molecule has 1 aliphatic rings. The summed E-state index contributed by atoms with van der Waals surface area (Å²) in [5, 5.41) is 0. The molecule has 1 aliphatic heterocycles. The van der Waals surface area contributed by atoms with Crippen LogP contribution in [-0.2, 0) is 11.2 Å². The molecule has 94 valence electrons. The molecular formula is C15H10FNO2. The molecule has 0 saturated heterocycles. The van der Waals surface area contributed by atoms with Crippen LogP contribution in [0.2, 0.25) is 0 Å². The molecular weight excluding hydrogens is 245 g/mol. The number of amides is 1. The molecule has 3 nitrogen and oxygen atoms in total. The van der Waals surface area contributed by atoms with Crippen LogP contribution < -0.4 is 4.90 Å². The van der Waals surface area contributed by atoms with Gasteiger partial charge in [0.25, 0.3) is 0 Å². The molecule has 0 atom stereocenters. The number of hydrogen-bond acceptors (Lipinski definition) is 2. The van der Waals surface area contributed by atoms with E-state index in [1.165, 1.54) is 23.1 Å². The summed E-state index contributed by atoms with van der Waals surface area (Å²) in [4.78, 5) is 24.2. The van der Waals surface area contributed by atoms with E-state index in [2.05, 4.69) is 0 Å². The molecule has 0 bridgehead atoms. The summed E-state index contributed by atoms with van der Waals surface area (Å²) in [6.07, 6.45) is 0.885. The fraction of sp³-hybridized carbons (Fsp3) is 0.0667. The lowest BCUT2D eigenvalue weighted by atomic mass is 10.1. The Hall–Kier alpha value is -2.49. The van der Waals surface area contributed by atoms with Crippen molar-refractivity contribution in [1.29, 1.82) is 0 Å². The van der Waals surface area contributed by atoms with E-state index in [-0.39, 0.29) is 18.0 Å². The minimum atomic E-state index is -0.518. The van der Waals surface area contributed by atoms with Crippen molar-refractivity contribution in [3.8, 4) is 0 Å². The Morgan fingerprint density at radius 1 is 1.11 bits per heavy atom. The maximum Gasteiger partial charge on any atom is 0.236 e. The summed E-state index contributed by atoms with van der Waals surface area (Å²) in [6.45, 7) is 0. The van der Waals surface area contributed by atoms with Crippen molar-refractivity contribution in [2.24, 2.45) is 0 Å². The number of carbonyl (C=O) groups excluding carboxylic acids is 2. The van der Waals surface area contributed by atoms with Crippen LogP contribution >= 0.6 is 0 Å². The number of anilines is 2. The number of nitrogens with zero attached hydrogens (tertiary/aromatic N) is 1. The van der Waals surface area contributed by atoms with Gasteiger partial charge in [0.2, 0.25) is 5.91 Å². The quantitative estimate of drug-likeness (QED) is 0.774. The van der Waals surface area contributed by atoms with E-state index in [0.717, 1.165) is 5.56 Å². The van der Waals surface area contributed by atoms with Crippen LogP contribution in [0.15, 0.2) is 42.5 Å². The number of halogens is 1. The molecule has 0 aliphatic carbocycles. The predicted octanol–water partition coefficient (Wildman–Crippen LogP) is 2.86. The number of carbonyl (C=O) groups is 2. The van der Waals surface area contributed by atoms with Crippen molar-refractivity contribution in [1.82, 2.24) is 0 Å².